The number of amides is 1. The highest BCUT2D eigenvalue weighted by molar-refractivity contribution is 5.95. The largest absolute Gasteiger partial charge is 0.393 e. The Balaban J connectivity index is 1.37. The van der Waals surface area contributed by atoms with E-state index in [1.165, 1.54) is 4.52 Å². The number of likely N-dealkylation sites (tertiary alicyclic amines) is 1. The summed E-state index contributed by atoms with van der Waals surface area (Å²) in [6.45, 7) is 1.84. The van der Waals surface area contributed by atoms with Crippen LogP contribution in [0.25, 0.3) is 5.52 Å². The second-order valence-electron chi connectivity index (χ2n) is 9.60. The second-order valence-corrected chi connectivity index (χ2v) is 9.60. The minimum atomic E-state index is -4.47. The molecular formula is C26H28F4N6O. The van der Waals surface area contributed by atoms with E-state index in [1.807, 2.05) is 22.7 Å². The maximum atomic E-state index is 14.6. The summed E-state index contributed by atoms with van der Waals surface area (Å²) in [4.78, 5) is 14.4. The van der Waals surface area contributed by atoms with Gasteiger partial charge in [0.25, 0.3) is 5.91 Å². The third kappa shape index (κ3) is 5.44. The fourth-order valence-electron chi connectivity index (χ4n) is 5.08. The Morgan fingerprint density at radius 1 is 1.24 bits per heavy atom. The number of aromatic nitrogens is 3. The van der Waals surface area contributed by atoms with E-state index in [1.54, 1.807) is 24.3 Å². The summed E-state index contributed by atoms with van der Waals surface area (Å²) >= 11 is 0. The molecule has 0 aliphatic carbocycles. The van der Waals surface area contributed by atoms with E-state index in [-0.39, 0.29) is 35.8 Å². The van der Waals surface area contributed by atoms with Crippen molar-refractivity contribution in [3.63, 3.8) is 0 Å². The molecule has 3 aromatic heterocycles. The summed E-state index contributed by atoms with van der Waals surface area (Å²) in [5.74, 6) is 5.60. The van der Waals surface area contributed by atoms with Gasteiger partial charge in [-0.3, -0.25) is 4.79 Å². The van der Waals surface area contributed by atoms with Gasteiger partial charge in [0.1, 0.15) is 17.7 Å². The number of piperidine rings is 1. The number of carbonyl (C=O) groups is 1. The smallest absolute Gasteiger partial charge is 0.364 e. The number of halogens is 4. The molecule has 2 N–H and O–H groups in total. The van der Waals surface area contributed by atoms with Crippen molar-refractivity contribution >= 4 is 17.2 Å². The lowest BCUT2D eigenvalue weighted by Gasteiger charge is -2.33. The van der Waals surface area contributed by atoms with E-state index < -0.39 is 24.8 Å². The molecule has 7 nitrogen and oxygen atoms in total. The number of alkyl halides is 4. The number of pyridine rings is 1. The lowest BCUT2D eigenvalue weighted by molar-refractivity contribution is -0.127. The van der Waals surface area contributed by atoms with Crippen LogP contribution in [-0.4, -0.2) is 70.1 Å². The van der Waals surface area contributed by atoms with Gasteiger partial charge in [-0.1, -0.05) is 12.0 Å². The van der Waals surface area contributed by atoms with Crippen molar-refractivity contribution in [1.29, 1.82) is 0 Å². The molecule has 0 aromatic carbocycles. The van der Waals surface area contributed by atoms with Gasteiger partial charge in [0.2, 0.25) is 0 Å². The number of hydrogen-bond acceptors (Lipinski definition) is 4. The van der Waals surface area contributed by atoms with Crippen molar-refractivity contribution in [3.05, 3.63) is 53.0 Å². The Hall–Kier alpha value is -3.52. The summed E-state index contributed by atoms with van der Waals surface area (Å²) in [6, 6.07) is 6.12. The molecule has 1 fully saturated rings. The van der Waals surface area contributed by atoms with E-state index >= 15 is 0 Å². The van der Waals surface area contributed by atoms with Crippen LogP contribution in [0.5, 0.6) is 0 Å². The summed E-state index contributed by atoms with van der Waals surface area (Å²) in [5, 5.41) is 10.2. The summed E-state index contributed by atoms with van der Waals surface area (Å²) < 4.78 is 58.3. The van der Waals surface area contributed by atoms with Gasteiger partial charge in [-0.25, -0.2) is 8.91 Å². The third-order valence-corrected chi connectivity index (χ3v) is 6.89. The molecule has 5 heterocycles. The molecule has 2 aliphatic rings. The lowest BCUT2D eigenvalue weighted by atomic mass is 10.0. The molecule has 11 heteroatoms. The fourth-order valence-corrected chi connectivity index (χ4v) is 5.08. The Labute approximate surface area is 211 Å². The fraction of sp³-hybridized carbons (Fsp3) is 0.462. The number of carbonyl (C=O) groups excluding carboxylic acids is 1. The highest BCUT2D eigenvalue weighted by Crippen LogP contribution is 2.29. The maximum Gasteiger partial charge on any atom is 0.393 e. The van der Waals surface area contributed by atoms with Crippen LogP contribution in [0.3, 0.4) is 0 Å². The van der Waals surface area contributed by atoms with E-state index in [0.29, 0.717) is 24.3 Å². The normalized spacial score (nSPS) is 19.9. The quantitative estimate of drug-likeness (QED) is 0.403. The monoisotopic (exact) mass is 516 g/mol. The zero-order chi connectivity index (χ0) is 26.2. The van der Waals surface area contributed by atoms with E-state index in [9.17, 15) is 22.4 Å². The Kier molecular flexibility index (Phi) is 6.86. The summed E-state index contributed by atoms with van der Waals surface area (Å²) in [5.41, 5.74) is 1.76. The molecule has 0 spiro atoms. The number of aryl methyl sites for hydroxylation is 1. The maximum absolute atomic E-state index is 14.6. The standard InChI is InChI=1S/C26H28F4N6O/c1-34-13-10-21(19(27)16-34)32-24-8-2-6-23-18(15-26(28,29)30)20(33-36(23)24)5-3-11-31-25(37)17-9-14-35-12-4-7-22(17)35/h2,6,8-9,14,19,21,32H,4,7,10-13,15-16H2,1H3,(H,31,37)/t19-,21+/m0/s1. The molecule has 0 bridgehead atoms. The molecule has 0 unspecified atom stereocenters. The molecule has 0 radical (unpaired) electrons. The first kappa shape index (κ1) is 25.1. The van der Waals surface area contributed by atoms with Crippen LogP contribution in [0.1, 0.15) is 40.2 Å². The van der Waals surface area contributed by atoms with Crippen molar-refractivity contribution in [2.24, 2.45) is 0 Å². The molecule has 196 valence electrons. The number of fused-ring (bicyclic) bond motifs is 2. The molecule has 37 heavy (non-hydrogen) atoms. The number of rotatable bonds is 5. The third-order valence-electron chi connectivity index (χ3n) is 6.89. The van der Waals surface area contributed by atoms with E-state index in [4.69, 9.17) is 0 Å². The van der Waals surface area contributed by atoms with Crippen LogP contribution in [0.4, 0.5) is 23.4 Å². The average molecular weight is 517 g/mol. The molecular weight excluding hydrogens is 488 g/mol. The first-order valence-corrected chi connectivity index (χ1v) is 12.3. The van der Waals surface area contributed by atoms with Gasteiger partial charge in [-0.05, 0) is 50.4 Å². The first-order chi connectivity index (χ1) is 17.7. The molecule has 5 rings (SSSR count). The van der Waals surface area contributed by atoms with Crippen molar-refractivity contribution in [2.45, 2.75) is 50.6 Å². The Morgan fingerprint density at radius 3 is 2.86 bits per heavy atom. The van der Waals surface area contributed by atoms with Gasteiger partial charge in [-0.15, -0.1) is 0 Å². The molecule has 2 aliphatic heterocycles. The molecule has 2 atom stereocenters. The van der Waals surface area contributed by atoms with Crippen LogP contribution in [0.2, 0.25) is 0 Å². The van der Waals surface area contributed by atoms with Crippen molar-refractivity contribution in [1.82, 2.24) is 24.4 Å². The summed E-state index contributed by atoms with van der Waals surface area (Å²) in [6.07, 6.45) is -2.52. The summed E-state index contributed by atoms with van der Waals surface area (Å²) in [7, 11) is 1.85. The van der Waals surface area contributed by atoms with Gasteiger partial charge >= 0.3 is 6.18 Å². The Bertz CT molecular complexity index is 1370. The van der Waals surface area contributed by atoms with Gasteiger partial charge < -0.3 is 20.1 Å². The SMILES string of the molecule is CN1CC[C@@H](Nc2cccc3c(CC(F)(F)F)c(C#CCNC(=O)c4ccn5c4CCC5)nn23)[C@@H](F)C1. The van der Waals surface area contributed by atoms with E-state index in [0.717, 1.165) is 25.1 Å². The zero-order valence-electron chi connectivity index (χ0n) is 20.4. The molecule has 0 saturated carbocycles. The van der Waals surface area contributed by atoms with Gasteiger partial charge in [-0.2, -0.15) is 18.3 Å². The van der Waals surface area contributed by atoms with Crippen molar-refractivity contribution < 1.29 is 22.4 Å². The van der Waals surface area contributed by atoms with Gasteiger partial charge in [0, 0.05) is 37.1 Å². The highest BCUT2D eigenvalue weighted by Gasteiger charge is 2.32. The van der Waals surface area contributed by atoms with E-state index in [2.05, 4.69) is 27.6 Å². The minimum absolute atomic E-state index is 0.0224. The number of nitrogens with one attached hydrogen (secondary N) is 2. The number of nitrogens with zero attached hydrogens (tertiary/aromatic N) is 4. The predicted octanol–water partition coefficient (Wildman–Crippen LogP) is 3.42. The Morgan fingerprint density at radius 2 is 2.08 bits per heavy atom. The van der Waals surface area contributed by atoms with Gasteiger partial charge in [0.15, 0.2) is 0 Å². The molecule has 1 saturated heterocycles. The van der Waals surface area contributed by atoms with Gasteiger partial charge in [0.05, 0.1) is 30.1 Å². The second kappa shape index (κ2) is 10.1. The highest BCUT2D eigenvalue weighted by atomic mass is 19.4. The average Bonchev–Trinajstić information content (AvgIpc) is 3.53. The predicted molar refractivity (Wildman–Crippen MR) is 131 cm³/mol. The van der Waals surface area contributed by atoms with Crippen molar-refractivity contribution in [3.8, 4) is 11.8 Å². The molecule has 1 amide bonds. The van der Waals surface area contributed by atoms with Crippen molar-refractivity contribution in [2.75, 3.05) is 32.0 Å². The zero-order valence-corrected chi connectivity index (χ0v) is 20.4. The van der Waals surface area contributed by atoms with Crippen LogP contribution in [0, 0.1) is 11.8 Å². The first-order valence-electron chi connectivity index (χ1n) is 12.3. The lowest BCUT2D eigenvalue weighted by Crippen LogP contribution is -2.46. The topological polar surface area (TPSA) is 66.6 Å². The number of hydrogen-bond donors (Lipinski definition) is 2. The van der Waals surface area contributed by atoms with Crippen LogP contribution < -0.4 is 10.6 Å². The molecule has 3 aromatic rings. The minimum Gasteiger partial charge on any atom is -0.364 e. The van der Waals surface area contributed by atoms with Crippen LogP contribution >= 0.6 is 0 Å². The van der Waals surface area contributed by atoms with Crippen LogP contribution in [-0.2, 0) is 19.4 Å². The van der Waals surface area contributed by atoms with Crippen LogP contribution in [0.15, 0.2) is 30.5 Å². The number of anilines is 1.